The summed E-state index contributed by atoms with van der Waals surface area (Å²) in [6.45, 7) is 4.35. The summed E-state index contributed by atoms with van der Waals surface area (Å²) >= 11 is 0. The largest absolute Gasteiger partial charge is 0.493 e. The highest BCUT2D eigenvalue weighted by molar-refractivity contribution is 6.06. The van der Waals surface area contributed by atoms with Gasteiger partial charge in [-0.3, -0.25) is 4.79 Å². The molecule has 4 heteroatoms. The van der Waals surface area contributed by atoms with Crippen molar-refractivity contribution in [1.29, 1.82) is 0 Å². The first-order valence-electron chi connectivity index (χ1n) is 7.73. The van der Waals surface area contributed by atoms with Gasteiger partial charge in [-0.2, -0.15) is 0 Å². The summed E-state index contributed by atoms with van der Waals surface area (Å²) in [6.07, 6.45) is 1.09. The number of ether oxygens (including phenoxy) is 2. The van der Waals surface area contributed by atoms with Crippen LogP contribution in [0, 0.1) is 0 Å². The molecule has 2 aromatic rings. The second kappa shape index (κ2) is 7.68. The molecule has 122 valence electrons. The van der Waals surface area contributed by atoms with Crippen LogP contribution in [0.5, 0.6) is 11.5 Å². The van der Waals surface area contributed by atoms with Gasteiger partial charge in [0, 0.05) is 5.69 Å². The topological polar surface area (TPSA) is 47.6 Å². The molecule has 0 aliphatic rings. The zero-order valence-electron chi connectivity index (χ0n) is 14.1. The fourth-order valence-electron chi connectivity index (χ4n) is 2.40. The Balaban J connectivity index is 2.19. The molecule has 0 saturated carbocycles. The van der Waals surface area contributed by atoms with Crippen LogP contribution in [0.4, 0.5) is 5.69 Å². The normalized spacial score (nSPS) is 11.7. The molecule has 1 atom stereocenters. The lowest BCUT2D eigenvalue weighted by molar-refractivity contribution is 0.102. The minimum absolute atomic E-state index is 0.225. The average molecular weight is 313 g/mol. The molecule has 1 amide bonds. The third kappa shape index (κ3) is 3.83. The predicted octanol–water partition coefficient (Wildman–Crippen LogP) is 4.47. The van der Waals surface area contributed by atoms with Crippen LogP contribution in [0.15, 0.2) is 42.5 Å². The highest BCUT2D eigenvalue weighted by atomic mass is 16.5. The first-order valence-corrected chi connectivity index (χ1v) is 7.73. The number of anilines is 1. The second-order valence-electron chi connectivity index (χ2n) is 5.43. The summed E-state index contributed by atoms with van der Waals surface area (Å²) in [4.78, 5) is 12.5. The van der Waals surface area contributed by atoms with Crippen molar-refractivity contribution in [3.63, 3.8) is 0 Å². The third-order valence-corrected chi connectivity index (χ3v) is 4.00. The number of nitrogens with one attached hydrogen (secondary N) is 1. The van der Waals surface area contributed by atoms with Crippen LogP contribution < -0.4 is 14.8 Å². The lowest BCUT2D eigenvalue weighted by atomic mass is 9.98. The summed E-state index contributed by atoms with van der Waals surface area (Å²) in [5.74, 6) is 1.26. The van der Waals surface area contributed by atoms with E-state index in [2.05, 4.69) is 19.2 Å². The molecule has 0 aliphatic heterocycles. The quantitative estimate of drug-likeness (QED) is 0.856. The fourth-order valence-corrected chi connectivity index (χ4v) is 2.40. The number of carbonyl (C=O) groups is 1. The Hall–Kier alpha value is -2.49. The van der Waals surface area contributed by atoms with Crippen molar-refractivity contribution >= 4 is 11.6 Å². The van der Waals surface area contributed by atoms with Gasteiger partial charge in [-0.05, 0) is 42.2 Å². The maximum Gasteiger partial charge on any atom is 0.259 e. The van der Waals surface area contributed by atoms with Crippen molar-refractivity contribution < 1.29 is 14.3 Å². The van der Waals surface area contributed by atoms with Gasteiger partial charge in [-0.1, -0.05) is 32.0 Å². The number of carbonyl (C=O) groups excluding carboxylic acids is 1. The molecule has 1 N–H and O–H groups in total. The molecule has 0 bridgehead atoms. The Morgan fingerprint density at radius 1 is 1.09 bits per heavy atom. The van der Waals surface area contributed by atoms with Crippen LogP contribution in [0.2, 0.25) is 0 Å². The standard InChI is InChI=1S/C19H23NO3/c1-5-13(2)14-9-11-15(12-10-14)20-19(21)16-7-6-8-17(22-3)18(16)23-4/h6-13H,5H2,1-4H3,(H,20,21)/t13-/m1/s1. The van der Waals surface area contributed by atoms with Gasteiger partial charge in [0.25, 0.3) is 5.91 Å². The SMILES string of the molecule is CC[C@@H](C)c1ccc(NC(=O)c2cccc(OC)c2OC)cc1. The molecular formula is C19H23NO3. The minimum atomic E-state index is -0.225. The first kappa shape index (κ1) is 16.9. The smallest absolute Gasteiger partial charge is 0.259 e. The fraction of sp³-hybridized carbons (Fsp3) is 0.316. The van der Waals surface area contributed by atoms with Crippen molar-refractivity contribution in [2.45, 2.75) is 26.2 Å². The van der Waals surface area contributed by atoms with Gasteiger partial charge >= 0.3 is 0 Å². The van der Waals surface area contributed by atoms with Crippen molar-refractivity contribution in [2.24, 2.45) is 0 Å². The maximum atomic E-state index is 12.5. The molecule has 2 aromatic carbocycles. The van der Waals surface area contributed by atoms with Gasteiger partial charge < -0.3 is 14.8 Å². The molecule has 23 heavy (non-hydrogen) atoms. The Morgan fingerprint density at radius 2 is 1.78 bits per heavy atom. The van der Waals surface area contributed by atoms with Gasteiger partial charge in [-0.25, -0.2) is 0 Å². The van der Waals surface area contributed by atoms with Crippen molar-refractivity contribution in [1.82, 2.24) is 0 Å². The Morgan fingerprint density at radius 3 is 2.35 bits per heavy atom. The molecule has 0 aliphatic carbocycles. The molecule has 0 heterocycles. The summed E-state index contributed by atoms with van der Waals surface area (Å²) in [7, 11) is 3.07. The number of hydrogen-bond acceptors (Lipinski definition) is 3. The zero-order chi connectivity index (χ0) is 16.8. The van der Waals surface area contributed by atoms with E-state index < -0.39 is 0 Å². The third-order valence-electron chi connectivity index (χ3n) is 4.00. The van der Waals surface area contributed by atoms with Crippen LogP contribution in [-0.4, -0.2) is 20.1 Å². The second-order valence-corrected chi connectivity index (χ2v) is 5.43. The van der Waals surface area contributed by atoms with Crippen molar-refractivity contribution in [3.8, 4) is 11.5 Å². The Labute approximate surface area is 137 Å². The number of rotatable bonds is 6. The van der Waals surface area contributed by atoms with Gasteiger partial charge in [0.15, 0.2) is 11.5 Å². The summed E-state index contributed by atoms with van der Waals surface area (Å²) in [6, 6.07) is 13.2. The molecule has 0 radical (unpaired) electrons. The van der Waals surface area contributed by atoms with Crippen molar-refractivity contribution in [2.75, 3.05) is 19.5 Å². The van der Waals surface area contributed by atoms with Crippen LogP contribution in [0.3, 0.4) is 0 Å². The van der Waals surface area contributed by atoms with Crippen molar-refractivity contribution in [3.05, 3.63) is 53.6 Å². The number of hydrogen-bond donors (Lipinski definition) is 1. The van der Waals surface area contributed by atoms with E-state index in [0.29, 0.717) is 23.0 Å². The Kier molecular flexibility index (Phi) is 5.63. The van der Waals surface area contributed by atoms with E-state index in [4.69, 9.17) is 9.47 Å². The summed E-state index contributed by atoms with van der Waals surface area (Å²) in [5, 5.41) is 2.89. The van der Waals surface area contributed by atoms with E-state index in [-0.39, 0.29) is 5.91 Å². The van der Waals surface area contributed by atoms with Crippen LogP contribution >= 0.6 is 0 Å². The Bertz CT molecular complexity index is 665. The lowest BCUT2D eigenvalue weighted by Crippen LogP contribution is -2.13. The number of amides is 1. The van der Waals surface area contributed by atoms with E-state index in [1.807, 2.05) is 24.3 Å². The lowest BCUT2D eigenvalue weighted by Gasteiger charge is -2.13. The molecular weight excluding hydrogens is 290 g/mol. The highest BCUT2D eigenvalue weighted by Gasteiger charge is 2.16. The minimum Gasteiger partial charge on any atom is -0.493 e. The molecule has 0 saturated heterocycles. The van der Waals surface area contributed by atoms with E-state index >= 15 is 0 Å². The van der Waals surface area contributed by atoms with E-state index in [1.165, 1.54) is 12.7 Å². The summed E-state index contributed by atoms with van der Waals surface area (Å²) < 4.78 is 10.5. The maximum absolute atomic E-state index is 12.5. The van der Waals surface area contributed by atoms with E-state index in [1.54, 1.807) is 25.3 Å². The number of para-hydroxylation sites is 1. The predicted molar refractivity (Wildman–Crippen MR) is 92.6 cm³/mol. The molecule has 2 rings (SSSR count). The monoisotopic (exact) mass is 313 g/mol. The van der Waals surface area contributed by atoms with E-state index in [0.717, 1.165) is 12.1 Å². The first-order chi connectivity index (χ1) is 11.1. The van der Waals surface area contributed by atoms with E-state index in [9.17, 15) is 4.79 Å². The number of benzene rings is 2. The van der Waals surface area contributed by atoms with Crippen LogP contribution in [-0.2, 0) is 0 Å². The van der Waals surface area contributed by atoms with Gasteiger partial charge in [0.2, 0.25) is 0 Å². The van der Waals surface area contributed by atoms with Gasteiger partial charge in [-0.15, -0.1) is 0 Å². The molecule has 4 nitrogen and oxygen atoms in total. The van der Waals surface area contributed by atoms with Gasteiger partial charge in [0.05, 0.1) is 19.8 Å². The zero-order valence-corrected chi connectivity index (χ0v) is 14.1. The van der Waals surface area contributed by atoms with Gasteiger partial charge in [0.1, 0.15) is 0 Å². The highest BCUT2D eigenvalue weighted by Crippen LogP contribution is 2.31. The number of methoxy groups -OCH3 is 2. The molecule has 0 spiro atoms. The molecule has 0 fully saturated rings. The van der Waals surface area contributed by atoms with Crippen LogP contribution in [0.1, 0.15) is 42.1 Å². The molecule has 0 aromatic heterocycles. The van der Waals surface area contributed by atoms with Crippen LogP contribution in [0.25, 0.3) is 0 Å². The summed E-state index contributed by atoms with van der Waals surface area (Å²) in [5.41, 5.74) is 2.47. The average Bonchev–Trinajstić information content (AvgIpc) is 2.60. The molecule has 0 unspecified atom stereocenters.